The van der Waals surface area contributed by atoms with E-state index in [9.17, 15) is 5.26 Å². The highest BCUT2D eigenvalue weighted by molar-refractivity contribution is 5.42. The molecule has 0 aliphatic rings. The van der Waals surface area contributed by atoms with Gasteiger partial charge in [-0.1, -0.05) is 60.7 Å². The molecule has 2 heteroatoms. The number of hydrogen-bond donors (Lipinski definition) is 0. The summed E-state index contributed by atoms with van der Waals surface area (Å²) in [6, 6.07) is 29.5. The molecular weight excluding hydrogens is 270 g/mol. The molecule has 0 aliphatic heterocycles. The number of para-hydroxylation sites is 1. The van der Waals surface area contributed by atoms with Gasteiger partial charge in [-0.2, -0.15) is 5.26 Å². The molecule has 3 aromatic rings. The Hall–Kier alpha value is -3.05. The van der Waals surface area contributed by atoms with Crippen LogP contribution >= 0.6 is 0 Å². The van der Waals surface area contributed by atoms with Crippen molar-refractivity contribution >= 4 is 0 Å². The van der Waals surface area contributed by atoms with Gasteiger partial charge in [-0.05, 0) is 35.4 Å². The number of ether oxygens (including phenoxy) is 1. The Labute approximate surface area is 130 Å². The fourth-order valence-electron chi connectivity index (χ4n) is 2.37. The maximum absolute atomic E-state index is 9.52. The SMILES string of the molecule is N#CC(c1ccccc1)c1cccc(Oc2ccccc2)c1. The number of hydrogen-bond acceptors (Lipinski definition) is 2. The molecule has 0 heterocycles. The third kappa shape index (κ3) is 3.16. The Kier molecular flexibility index (Phi) is 4.17. The van der Waals surface area contributed by atoms with Gasteiger partial charge in [0.15, 0.2) is 0 Å². The standard InChI is InChI=1S/C20H15NO/c21-15-20(16-8-3-1-4-9-16)17-10-7-13-19(14-17)22-18-11-5-2-6-12-18/h1-14,20H. The van der Waals surface area contributed by atoms with Crippen molar-refractivity contribution < 1.29 is 4.74 Å². The van der Waals surface area contributed by atoms with Gasteiger partial charge in [-0.3, -0.25) is 0 Å². The Bertz CT molecular complexity index is 776. The summed E-state index contributed by atoms with van der Waals surface area (Å²) in [5.74, 6) is 1.23. The van der Waals surface area contributed by atoms with Crippen LogP contribution in [0.5, 0.6) is 11.5 Å². The number of nitrogens with zero attached hydrogens (tertiary/aromatic N) is 1. The zero-order chi connectivity index (χ0) is 15.2. The zero-order valence-electron chi connectivity index (χ0n) is 12.0. The Balaban J connectivity index is 1.89. The van der Waals surface area contributed by atoms with Gasteiger partial charge in [0.25, 0.3) is 0 Å². The Morgan fingerprint density at radius 1 is 0.682 bits per heavy atom. The van der Waals surface area contributed by atoms with Crippen molar-refractivity contribution in [2.24, 2.45) is 0 Å². The molecule has 0 N–H and O–H groups in total. The first-order valence-electron chi connectivity index (χ1n) is 7.14. The molecule has 22 heavy (non-hydrogen) atoms. The van der Waals surface area contributed by atoms with Gasteiger partial charge in [0.2, 0.25) is 0 Å². The van der Waals surface area contributed by atoms with Crippen molar-refractivity contribution in [1.82, 2.24) is 0 Å². The average molecular weight is 285 g/mol. The van der Waals surface area contributed by atoms with E-state index in [1.165, 1.54) is 0 Å². The maximum atomic E-state index is 9.52. The molecule has 0 spiro atoms. The topological polar surface area (TPSA) is 33.0 Å². The van der Waals surface area contributed by atoms with Gasteiger partial charge < -0.3 is 4.74 Å². The van der Waals surface area contributed by atoms with E-state index in [1.54, 1.807) is 0 Å². The lowest BCUT2D eigenvalue weighted by Crippen LogP contribution is -1.98. The summed E-state index contributed by atoms with van der Waals surface area (Å²) in [6.45, 7) is 0. The number of rotatable bonds is 4. The average Bonchev–Trinajstić information content (AvgIpc) is 2.58. The first kappa shape index (κ1) is 13.9. The predicted molar refractivity (Wildman–Crippen MR) is 86.9 cm³/mol. The first-order valence-corrected chi connectivity index (χ1v) is 7.14. The largest absolute Gasteiger partial charge is 0.457 e. The van der Waals surface area contributed by atoms with Gasteiger partial charge in [-0.15, -0.1) is 0 Å². The van der Waals surface area contributed by atoms with Crippen LogP contribution in [0.3, 0.4) is 0 Å². The fraction of sp³-hybridized carbons (Fsp3) is 0.0500. The van der Waals surface area contributed by atoms with Crippen LogP contribution in [0.1, 0.15) is 17.0 Å². The Morgan fingerprint density at radius 3 is 1.95 bits per heavy atom. The lowest BCUT2D eigenvalue weighted by molar-refractivity contribution is 0.482. The van der Waals surface area contributed by atoms with Gasteiger partial charge in [0, 0.05) is 0 Å². The lowest BCUT2D eigenvalue weighted by Gasteiger charge is -2.12. The minimum atomic E-state index is -0.291. The highest BCUT2D eigenvalue weighted by Gasteiger charge is 2.13. The van der Waals surface area contributed by atoms with Crippen molar-refractivity contribution in [2.75, 3.05) is 0 Å². The van der Waals surface area contributed by atoms with Crippen molar-refractivity contribution in [3.63, 3.8) is 0 Å². The molecule has 2 nitrogen and oxygen atoms in total. The fourth-order valence-corrected chi connectivity index (χ4v) is 2.37. The quantitative estimate of drug-likeness (QED) is 0.665. The van der Waals surface area contributed by atoms with Crippen LogP contribution in [0.4, 0.5) is 0 Å². The van der Waals surface area contributed by atoms with Crippen LogP contribution in [-0.2, 0) is 0 Å². The van der Waals surface area contributed by atoms with Crippen molar-refractivity contribution in [1.29, 1.82) is 5.26 Å². The molecule has 0 saturated heterocycles. The highest BCUT2D eigenvalue weighted by atomic mass is 16.5. The molecule has 3 rings (SSSR count). The number of benzene rings is 3. The summed E-state index contributed by atoms with van der Waals surface area (Å²) in [5, 5.41) is 9.52. The van der Waals surface area contributed by atoms with Crippen molar-refractivity contribution in [3.05, 3.63) is 96.1 Å². The third-order valence-corrected chi connectivity index (χ3v) is 3.43. The molecule has 0 fully saturated rings. The summed E-state index contributed by atoms with van der Waals surface area (Å²) in [7, 11) is 0. The second-order valence-electron chi connectivity index (χ2n) is 4.96. The highest BCUT2D eigenvalue weighted by Crippen LogP contribution is 2.28. The molecule has 1 unspecified atom stereocenters. The summed E-state index contributed by atoms with van der Waals surface area (Å²) in [6.07, 6.45) is 0. The lowest BCUT2D eigenvalue weighted by atomic mass is 9.93. The molecular formula is C20H15NO. The van der Waals surface area contributed by atoms with Crippen LogP contribution < -0.4 is 4.74 Å². The molecule has 0 bridgehead atoms. The normalized spacial score (nSPS) is 11.4. The van der Waals surface area contributed by atoms with Crippen LogP contribution in [-0.4, -0.2) is 0 Å². The van der Waals surface area contributed by atoms with Gasteiger partial charge in [0.1, 0.15) is 11.5 Å². The van der Waals surface area contributed by atoms with E-state index in [4.69, 9.17) is 4.74 Å². The van der Waals surface area contributed by atoms with E-state index in [0.29, 0.717) is 0 Å². The van der Waals surface area contributed by atoms with E-state index in [-0.39, 0.29) is 5.92 Å². The van der Waals surface area contributed by atoms with E-state index < -0.39 is 0 Å². The van der Waals surface area contributed by atoms with Crippen LogP contribution in [0.25, 0.3) is 0 Å². The van der Waals surface area contributed by atoms with Crippen LogP contribution in [0.2, 0.25) is 0 Å². The second kappa shape index (κ2) is 6.60. The minimum absolute atomic E-state index is 0.291. The first-order chi connectivity index (χ1) is 10.9. The van der Waals surface area contributed by atoms with E-state index in [2.05, 4.69) is 6.07 Å². The van der Waals surface area contributed by atoms with Gasteiger partial charge in [0.05, 0.1) is 12.0 Å². The third-order valence-electron chi connectivity index (χ3n) is 3.43. The van der Waals surface area contributed by atoms with Crippen molar-refractivity contribution in [2.45, 2.75) is 5.92 Å². The van der Waals surface area contributed by atoms with Gasteiger partial charge in [-0.25, -0.2) is 0 Å². The molecule has 1 atom stereocenters. The zero-order valence-corrected chi connectivity index (χ0v) is 12.0. The summed E-state index contributed by atoms with van der Waals surface area (Å²) in [5.41, 5.74) is 1.92. The van der Waals surface area contributed by atoms with E-state index >= 15 is 0 Å². The van der Waals surface area contributed by atoms with E-state index in [1.807, 2.05) is 84.9 Å². The van der Waals surface area contributed by atoms with Crippen molar-refractivity contribution in [3.8, 4) is 17.6 Å². The molecule has 106 valence electrons. The molecule has 0 radical (unpaired) electrons. The van der Waals surface area contributed by atoms with Crippen LogP contribution in [0, 0.1) is 11.3 Å². The number of nitriles is 1. The second-order valence-corrected chi connectivity index (χ2v) is 4.96. The smallest absolute Gasteiger partial charge is 0.127 e. The molecule has 0 amide bonds. The molecule has 0 aromatic heterocycles. The molecule has 0 saturated carbocycles. The predicted octanol–water partition coefficient (Wildman–Crippen LogP) is 5.13. The summed E-state index contributed by atoms with van der Waals surface area (Å²) >= 11 is 0. The molecule has 0 aliphatic carbocycles. The Morgan fingerprint density at radius 2 is 1.27 bits per heavy atom. The monoisotopic (exact) mass is 285 g/mol. The summed E-state index contributed by atoms with van der Waals surface area (Å²) in [4.78, 5) is 0. The van der Waals surface area contributed by atoms with E-state index in [0.717, 1.165) is 22.6 Å². The molecule has 3 aromatic carbocycles. The maximum Gasteiger partial charge on any atom is 0.127 e. The minimum Gasteiger partial charge on any atom is -0.457 e. The van der Waals surface area contributed by atoms with Gasteiger partial charge >= 0.3 is 0 Å². The van der Waals surface area contributed by atoms with Crippen LogP contribution in [0.15, 0.2) is 84.9 Å². The summed E-state index contributed by atoms with van der Waals surface area (Å²) < 4.78 is 5.84.